The van der Waals surface area contributed by atoms with Crippen LogP contribution in [0.15, 0.2) is 29.4 Å². The molecule has 0 aliphatic carbocycles. The Balaban J connectivity index is 1.39. The van der Waals surface area contributed by atoms with E-state index in [1.165, 1.54) is 5.56 Å². The Hall–Kier alpha value is -1.21. The molecule has 0 radical (unpaired) electrons. The van der Waals surface area contributed by atoms with E-state index in [9.17, 15) is 0 Å². The number of hydrogen-bond acceptors (Lipinski definition) is 5. The first-order valence-electron chi connectivity index (χ1n) is 7.81. The Bertz CT molecular complexity index is 521. The summed E-state index contributed by atoms with van der Waals surface area (Å²) < 4.78 is 17.8. The summed E-state index contributed by atoms with van der Waals surface area (Å²) in [6, 6.07) is 8.99. The maximum Gasteiger partial charge on any atom is 0.502 e. The number of aryl methyl sites for hydroxylation is 1. The van der Waals surface area contributed by atoms with Crippen LogP contribution in [0.1, 0.15) is 31.4 Å². The van der Waals surface area contributed by atoms with Crippen molar-refractivity contribution in [3.8, 4) is 0 Å². The van der Waals surface area contributed by atoms with E-state index in [2.05, 4.69) is 38.1 Å². The Labute approximate surface area is 132 Å². The number of fused-ring (bicyclic) bond motifs is 2. The van der Waals surface area contributed by atoms with Crippen molar-refractivity contribution < 1.29 is 18.1 Å². The van der Waals surface area contributed by atoms with Gasteiger partial charge in [-0.05, 0) is 32.8 Å². The zero-order chi connectivity index (χ0) is 15.6. The van der Waals surface area contributed by atoms with Gasteiger partial charge in [0.15, 0.2) is 0 Å². The van der Waals surface area contributed by atoms with Crippen LogP contribution in [0.3, 0.4) is 0 Å². The third kappa shape index (κ3) is 3.40. The first kappa shape index (κ1) is 15.7. The van der Waals surface area contributed by atoms with E-state index >= 15 is 0 Å². The fourth-order valence-electron chi connectivity index (χ4n) is 2.88. The Morgan fingerprint density at radius 1 is 1.14 bits per heavy atom. The van der Waals surface area contributed by atoms with E-state index in [1.54, 1.807) is 6.21 Å². The molecular formula is C16H23NO4Si. The minimum absolute atomic E-state index is 0.0985. The second-order valence-electron chi connectivity index (χ2n) is 6.00. The molecule has 2 unspecified atom stereocenters. The van der Waals surface area contributed by atoms with Crippen LogP contribution in [0.5, 0.6) is 0 Å². The van der Waals surface area contributed by atoms with Crippen LogP contribution in [-0.4, -0.2) is 33.3 Å². The maximum atomic E-state index is 5.96. The standard InChI is InChI=1S/C16H23NO4Si/c1-12-5-7-15(8-6-12)11-18-17-9-4-10-22-19-13(2)16(21-22)14(3)20-22/h5-9,13-14,16H,4,10-11H2,1-3H3/b17-9-. The van der Waals surface area contributed by atoms with Gasteiger partial charge in [0.1, 0.15) is 6.61 Å². The van der Waals surface area contributed by atoms with Crippen LogP contribution in [0.25, 0.3) is 0 Å². The summed E-state index contributed by atoms with van der Waals surface area (Å²) in [5.74, 6) is 0. The second-order valence-corrected chi connectivity index (χ2v) is 8.57. The van der Waals surface area contributed by atoms with E-state index in [-0.39, 0.29) is 18.3 Å². The van der Waals surface area contributed by atoms with Crippen molar-refractivity contribution in [3.63, 3.8) is 0 Å². The summed E-state index contributed by atoms with van der Waals surface area (Å²) in [5.41, 5.74) is 2.36. The van der Waals surface area contributed by atoms with Gasteiger partial charge in [-0.2, -0.15) is 0 Å². The third-order valence-electron chi connectivity index (χ3n) is 4.05. The Morgan fingerprint density at radius 2 is 1.82 bits per heavy atom. The average Bonchev–Trinajstić information content (AvgIpc) is 2.98. The summed E-state index contributed by atoms with van der Waals surface area (Å²) in [7, 11) is -2.44. The van der Waals surface area contributed by atoms with Crippen molar-refractivity contribution in [1.82, 2.24) is 0 Å². The van der Waals surface area contributed by atoms with Gasteiger partial charge in [0.25, 0.3) is 0 Å². The van der Waals surface area contributed by atoms with Crippen molar-refractivity contribution in [2.75, 3.05) is 0 Å². The van der Waals surface area contributed by atoms with Crippen molar-refractivity contribution >= 4 is 15.0 Å². The predicted octanol–water partition coefficient (Wildman–Crippen LogP) is 3.05. The minimum atomic E-state index is -2.44. The van der Waals surface area contributed by atoms with Crippen molar-refractivity contribution in [1.29, 1.82) is 0 Å². The monoisotopic (exact) mass is 321 g/mol. The molecule has 1 aromatic carbocycles. The summed E-state index contributed by atoms with van der Waals surface area (Å²) in [4.78, 5) is 5.31. The van der Waals surface area contributed by atoms with Crippen molar-refractivity contribution in [3.05, 3.63) is 35.4 Å². The van der Waals surface area contributed by atoms with Gasteiger partial charge in [-0.3, -0.25) is 0 Å². The second kappa shape index (κ2) is 6.50. The molecule has 2 saturated heterocycles. The van der Waals surface area contributed by atoms with E-state index in [0.717, 1.165) is 18.0 Å². The van der Waals surface area contributed by atoms with Gasteiger partial charge in [-0.15, -0.1) is 0 Å². The van der Waals surface area contributed by atoms with Gasteiger partial charge in [0.05, 0.1) is 18.3 Å². The van der Waals surface area contributed by atoms with Gasteiger partial charge >= 0.3 is 8.80 Å². The minimum Gasteiger partial charge on any atom is -0.391 e. The van der Waals surface area contributed by atoms with E-state index in [4.69, 9.17) is 18.1 Å². The molecule has 22 heavy (non-hydrogen) atoms. The molecule has 5 nitrogen and oxygen atoms in total. The SMILES string of the molecule is Cc1ccc(CO/N=C\CC[Si]23OC(C)C(O2)C(C)O3)cc1. The number of benzene rings is 1. The normalized spacial score (nSPS) is 33.7. The molecule has 120 valence electrons. The number of oxime groups is 1. The molecule has 2 atom stereocenters. The molecule has 0 saturated carbocycles. The molecule has 0 aromatic heterocycles. The topological polar surface area (TPSA) is 49.3 Å². The van der Waals surface area contributed by atoms with Crippen LogP contribution < -0.4 is 0 Å². The largest absolute Gasteiger partial charge is 0.502 e. The molecule has 2 heterocycles. The zero-order valence-corrected chi connectivity index (χ0v) is 14.3. The van der Waals surface area contributed by atoms with E-state index in [1.807, 2.05) is 12.1 Å². The maximum absolute atomic E-state index is 5.96. The molecule has 6 heteroatoms. The summed E-state index contributed by atoms with van der Waals surface area (Å²) in [5, 5.41) is 4.00. The van der Waals surface area contributed by atoms with Gasteiger partial charge in [0.2, 0.25) is 0 Å². The summed E-state index contributed by atoms with van der Waals surface area (Å²) in [6.07, 6.45) is 2.90. The molecule has 2 aliphatic heterocycles. The molecule has 2 fully saturated rings. The fourth-order valence-corrected chi connectivity index (χ4v) is 6.09. The van der Waals surface area contributed by atoms with E-state index < -0.39 is 8.80 Å². The van der Waals surface area contributed by atoms with Crippen molar-refractivity contribution in [2.24, 2.45) is 5.16 Å². The third-order valence-corrected chi connectivity index (χ3v) is 7.05. The molecule has 1 aromatic rings. The predicted molar refractivity (Wildman–Crippen MR) is 85.6 cm³/mol. The van der Waals surface area contributed by atoms with Crippen LogP contribution in [-0.2, 0) is 24.7 Å². The highest BCUT2D eigenvalue weighted by molar-refractivity contribution is 6.62. The highest BCUT2D eigenvalue weighted by Crippen LogP contribution is 2.39. The molecule has 2 aliphatic rings. The fraction of sp³-hybridized carbons (Fsp3) is 0.562. The van der Waals surface area contributed by atoms with Gasteiger partial charge in [-0.1, -0.05) is 35.0 Å². The molecule has 0 N–H and O–H groups in total. The van der Waals surface area contributed by atoms with Crippen LogP contribution >= 0.6 is 0 Å². The van der Waals surface area contributed by atoms with Gasteiger partial charge in [-0.25, -0.2) is 0 Å². The average molecular weight is 321 g/mol. The van der Waals surface area contributed by atoms with Crippen molar-refractivity contribution in [2.45, 2.75) is 58.2 Å². The summed E-state index contributed by atoms with van der Waals surface area (Å²) in [6.45, 7) is 6.66. The number of nitrogens with zero attached hydrogens (tertiary/aromatic N) is 1. The molecule has 2 bridgehead atoms. The van der Waals surface area contributed by atoms with Crippen LogP contribution in [0.2, 0.25) is 6.04 Å². The summed E-state index contributed by atoms with van der Waals surface area (Å²) >= 11 is 0. The lowest BCUT2D eigenvalue weighted by molar-refractivity contribution is 0.0408. The lowest BCUT2D eigenvalue weighted by Crippen LogP contribution is -2.43. The zero-order valence-electron chi connectivity index (χ0n) is 13.3. The Morgan fingerprint density at radius 3 is 2.45 bits per heavy atom. The smallest absolute Gasteiger partial charge is 0.391 e. The van der Waals surface area contributed by atoms with Crippen LogP contribution in [0.4, 0.5) is 0 Å². The highest BCUT2D eigenvalue weighted by Gasteiger charge is 2.60. The Kier molecular flexibility index (Phi) is 4.63. The molecule has 3 rings (SSSR count). The molecular weight excluding hydrogens is 298 g/mol. The lowest BCUT2D eigenvalue weighted by atomic mass is 10.1. The first-order valence-corrected chi connectivity index (χ1v) is 9.74. The number of rotatable bonds is 6. The molecule has 0 spiro atoms. The van der Waals surface area contributed by atoms with E-state index in [0.29, 0.717) is 6.61 Å². The quantitative estimate of drug-likeness (QED) is 0.459. The highest BCUT2D eigenvalue weighted by atomic mass is 28.4. The van der Waals surface area contributed by atoms with Crippen LogP contribution in [0, 0.1) is 6.92 Å². The number of hydrogen-bond donors (Lipinski definition) is 0. The first-order chi connectivity index (χ1) is 10.6. The lowest BCUT2D eigenvalue weighted by Gasteiger charge is -2.26. The van der Waals surface area contributed by atoms with Gasteiger partial charge in [0, 0.05) is 12.3 Å². The van der Waals surface area contributed by atoms with Gasteiger partial charge < -0.3 is 18.1 Å². The molecule has 0 amide bonds.